The fourth-order valence-corrected chi connectivity index (χ4v) is 2.96. The van der Waals surface area contributed by atoms with Gasteiger partial charge in [-0.3, -0.25) is 4.90 Å². The van der Waals surface area contributed by atoms with E-state index in [-0.39, 0.29) is 0 Å². The quantitative estimate of drug-likeness (QED) is 0.881. The SMILES string of the molecule is CC(O)C(=O)O.CN1CCN(C(c2ccccc2)c2ccccc2)CC1. The van der Waals surface area contributed by atoms with Crippen LogP contribution in [0.25, 0.3) is 0 Å². The van der Waals surface area contributed by atoms with E-state index in [0.29, 0.717) is 6.04 Å². The Bertz CT molecular complexity index is 614. The summed E-state index contributed by atoms with van der Waals surface area (Å²) in [5.74, 6) is -1.19. The summed E-state index contributed by atoms with van der Waals surface area (Å²) >= 11 is 0. The van der Waals surface area contributed by atoms with Crippen LogP contribution in [0.5, 0.6) is 0 Å². The van der Waals surface area contributed by atoms with Crippen molar-refractivity contribution in [3.8, 4) is 0 Å². The van der Waals surface area contributed by atoms with E-state index >= 15 is 0 Å². The average molecular weight is 356 g/mol. The van der Waals surface area contributed by atoms with Crippen LogP contribution in [0.2, 0.25) is 0 Å². The fourth-order valence-electron chi connectivity index (χ4n) is 2.96. The Labute approximate surface area is 155 Å². The molecule has 1 unspecified atom stereocenters. The van der Waals surface area contributed by atoms with Crippen LogP contribution in [-0.4, -0.2) is 65.3 Å². The van der Waals surface area contributed by atoms with E-state index in [9.17, 15) is 4.79 Å². The third-order valence-corrected chi connectivity index (χ3v) is 4.49. The number of carboxylic acid groups (broad SMARTS) is 1. The Morgan fingerprint density at radius 1 is 0.885 bits per heavy atom. The Hall–Kier alpha value is -2.21. The predicted octanol–water partition coefficient (Wildman–Crippen LogP) is 2.48. The molecule has 0 aromatic heterocycles. The summed E-state index contributed by atoms with van der Waals surface area (Å²) in [6.45, 7) is 5.75. The van der Waals surface area contributed by atoms with Crippen molar-refractivity contribution in [2.24, 2.45) is 0 Å². The number of carbonyl (C=O) groups is 1. The number of aliphatic hydroxyl groups excluding tert-OH is 1. The van der Waals surface area contributed by atoms with Gasteiger partial charge in [0.05, 0.1) is 6.04 Å². The number of nitrogens with zero attached hydrogens (tertiary/aromatic N) is 2. The molecule has 26 heavy (non-hydrogen) atoms. The first-order valence-electron chi connectivity index (χ1n) is 8.92. The number of hydrogen-bond donors (Lipinski definition) is 2. The highest BCUT2D eigenvalue weighted by molar-refractivity contribution is 5.71. The zero-order valence-corrected chi connectivity index (χ0v) is 15.5. The molecule has 5 heteroatoms. The van der Waals surface area contributed by atoms with E-state index in [1.807, 2.05) is 0 Å². The molecule has 0 amide bonds. The van der Waals surface area contributed by atoms with E-state index in [2.05, 4.69) is 77.5 Å². The smallest absolute Gasteiger partial charge is 0.332 e. The lowest BCUT2D eigenvalue weighted by Gasteiger charge is -2.38. The van der Waals surface area contributed by atoms with Gasteiger partial charge in [-0.2, -0.15) is 0 Å². The summed E-state index contributed by atoms with van der Waals surface area (Å²) in [6.07, 6.45) is -1.23. The van der Waals surface area contributed by atoms with Crippen LogP contribution >= 0.6 is 0 Å². The van der Waals surface area contributed by atoms with Gasteiger partial charge in [0, 0.05) is 26.2 Å². The summed E-state index contributed by atoms with van der Waals surface area (Å²) in [6, 6.07) is 22.1. The van der Waals surface area contributed by atoms with Crippen molar-refractivity contribution in [1.82, 2.24) is 9.80 Å². The molecule has 2 N–H and O–H groups in total. The number of benzene rings is 2. The van der Waals surface area contributed by atoms with Gasteiger partial charge in [-0.05, 0) is 25.1 Å². The number of aliphatic hydroxyl groups is 1. The van der Waals surface area contributed by atoms with Crippen LogP contribution in [0.3, 0.4) is 0 Å². The first kappa shape index (κ1) is 20.1. The topological polar surface area (TPSA) is 64.0 Å². The molecule has 1 atom stereocenters. The number of piperazine rings is 1. The van der Waals surface area contributed by atoms with E-state index in [4.69, 9.17) is 10.2 Å². The van der Waals surface area contributed by atoms with Crippen LogP contribution in [0.4, 0.5) is 0 Å². The van der Waals surface area contributed by atoms with E-state index < -0.39 is 12.1 Å². The molecule has 0 spiro atoms. The first-order valence-corrected chi connectivity index (χ1v) is 8.92. The molecule has 0 saturated carbocycles. The Morgan fingerprint density at radius 3 is 1.62 bits per heavy atom. The van der Waals surface area contributed by atoms with Crippen molar-refractivity contribution < 1.29 is 15.0 Å². The highest BCUT2D eigenvalue weighted by atomic mass is 16.4. The van der Waals surface area contributed by atoms with Gasteiger partial charge in [0.2, 0.25) is 0 Å². The minimum Gasteiger partial charge on any atom is -0.479 e. The zero-order valence-electron chi connectivity index (χ0n) is 15.5. The van der Waals surface area contributed by atoms with Crippen molar-refractivity contribution >= 4 is 5.97 Å². The molecule has 1 heterocycles. The third kappa shape index (κ3) is 5.95. The van der Waals surface area contributed by atoms with Crippen LogP contribution in [0.15, 0.2) is 60.7 Å². The first-order chi connectivity index (χ1) is 12.5. The van der Waals surface area contributed by atoms with Crippen LogP contribution in [-0.2, 0) is 4.79 Å². The van der Waals surface area contributed by atoms with Crippen molar-refractivity contribution in [1.29, 1.82) is 0 Å². The second-order valence-corrected chi connectivity index (χ2v) is 6.58. The molecular formula is C21H28N2O3. The number of rotatable bonds is 4. The zero-order chi connectivity index (χ0) is 18.9. The largest absolute Gasteiger partial charge is 0.479 e. The number of carboxylic acids is 1. The maximum Gasteiger partial charge on any atom is 0.332 e. The van der Waals surface area contributed by atoms with E-state index in [1.165, 1.54) is 18.1 Å². The Morgan fingerprint density at radius 2 is 1.27 bits per heavy atom. The van der Waals surface area contributed by atoms with Crippen LogP contribution < -0.4 is 0 Å². The summed E-state index contributed by atoms with van der Waals surface area (Å²) in [5.41, 5.74) is 2.78. The molecule has 2 aromatic carbocycles. The van der Waals surface area contributed by atoms with Crippen molar-refractivity contribution in [3.05, 3.63) is 71.8 Å². The van der Waals surface area contributed by atoms with Gasteiger partial charge in [-0.25, -0.2) is 4.79 Å². The average Bonchev–Trinajstić information content (AvgIpc) is 2.66. The summed E-state index contributed by atoms with van der Waals surface area (Å²) in [5, 5.41) is 15.8. The van der Waals surface area contributed by atoms with Gasteiger partial charge in [-0.15, -0.1) is 0 Å². The maximum atomic E-state index is 9.45. The van der Waals surface area contributed by atoms with Crippen molar-refractivity contribution in [2.75, 3.05) is 33.2 Å². The van der Waals surface area contributed by atoms with Gasteiger partial charge in [0.15, 0.2) is 0 Å². The molecule has 0 radical (unpaired) electrons. The fraction of sp³-hybridized carbons (Fsp3) is 0.381. The Balaban J connectivity index is 0.000000352. The van der Waals surface area contributed by atoms with E-state index in [0.717, 1.165) is 26.2 Å². The molecule has 1 fully saturated rings. The number of likely N-dealkylation sites (N-methyl/N-ethyl adjacent to an activating group) is 1. The highest BCUT2D eigenvalue weighted by Gasteiger charge is 2.24. The van der Waals surface area contributed by atoms with Crippen molar-refractivity contribution in [3.63, 3.8) is 0 Å². The lowest BCUT2D eigenvalue weighted by Crippen LogP contribution is -2.46. The molecule has 3 rings (SSSR count). The molecule has 2 aromatic rings. The van der Waals surface area contributed by atoms with Gasteiger partial charge < -0.3 is 15.1 Å². The maximum absolute atomic E-state index is 9.45. The summed E-state index contributed by atoms with van der Waals surface area (Å²) < 4.78 is 0. The number of hydrogen-bond acceptors (Lipinski definition) is 4. The molecule has 0 aliphatic carbocycles. The van der Waals surface area contributed by atoms with Gasteiger partial charge in [0.1, 0.15) is 6.10 Å². The second-order valence-electron chi connectivity index (χ2n) is 6.58. The lowest BCUT2D eigenvalue weighted by atomic mass is 9.96. The molecule has 140 valence electrons. The minimum atomic E-state index is -1.23. The van der Waals surface area contributed by atoms with Crippen molar-refractivity contribution in [2.45, 2.75) is 19.1 Å². The van der Waals surface area contributed by atoms with E-state index in [1.54, 1.807) is 0 Å². The normalized spacial score (nSPS) is 16.6. The van der Waals surface area contributed by atoms with Gasteiger partial charge >= 0.3 is 5.97 Å². The molecule has 1 saturated heterocycles. The minimum absolute atomic E-state index is 0.381. The molecule has 1 aliphatic rings. The highest BCUT2D eigenvalue weighted by Crippen LogP contribution is 2.29. The van der Waals surface area contributed by atoms with Gasteiger partial charge in [-0.1, -0.05) is 60.7 Å². The standard InChI is InChI=1S/C18H22N2.C3H6O3/c1-19-12-14-20(15-13-19)18(16-8-4-2-5-9-16)17-10-6-3-7-11-17;1-2(4)3(5)6/h2-11,18H,12-15H2,1H3;2,4H,1H3,(H,5,6). The summed E-state index contributed by atoms with van der Waals surface area (Å²) in [4.78, 5) is 14.5. The molecular weight excluding hydrogens is 328 g/mol. The Kier molecular flexibility index (Phi) is 7.78. The van der Waals surface area contributed by atoms with Crippen LogP contribution in [0.1, 0.15) is 24.1 Å². The predicted molar refractivity (Wildman–Crippen MR) is 103 cm³/mol. The molecule has 5 nitrogen and oxygen atoms in total. The second kappa shape index (κ2) is 10.1. The molecule has 0 bridgehead atoms. The lowest BCUT2D eigenvalue weighted by molar-refractivity contribution is -0.145. The number of aliphatic carboxylic acids is 1. The molecule has 1 aliphatic heterocycles. The summed E-state index contributed by atoms with van der Waals surface area (Å²) in [7, 11) is 2.21. The third-order valence-electron chi connectivity index (χ3n) is 4.49. The van der Waals surface area contributed by atoms with Crippen LogP contribution in [0, 0.1) is 0 Å². The monoisotopic (exact) mass is 356 g/mol. The van der Waals surface area contributed by atoms with Gasteiger partial charge in [0.25, 0.3) is 0 Å².